The standard InChI is InChI=1S/C12H21NO3/c1-12(2,3)10(14)8-13-6-4-9(5-7-13)11(15)16/h9H,4-8H2,1-3H3,(H,15,16). The van der Waals surface area contributed by atoms with Gasteiger partial charge in [0, 0.05) is 5.41 Å². The monoisotopic (exact) mass is 227 g/mol. The zero-order valence-corrected chi connectivity index (χ0v) is 10.3. The van der Waals surface area contributed by atoms with Crippen molar-refractivity contribution in [2.24, 2.45) is 11.3 Å². The van der Waals surface area contributed by atoms with Crippen molar-refractivity contribution in [2.75, 3.05) is 19.6 Å². The van der Waals surface area contributed by atoms with E-state index in [0.717, 1.165) is 13.1 Å². The largest absolute Gasteiger partial charge is 0.481 e. The van der Waals surface area contributed by atoms with Crippen LogP contribution in [0.2, 0.25) is 0 Å². The maximum atomic E-state index is 11.8. The van der Waals surface area contributed by atoms with Crippen molar-refractivity contribution in [3.05, 3.63) is 0 Å². The summed E-state index contributed by atoms with van der Waals surface area (Å²) in [7, 11) is 0. The summed E-state index contributed by atoms with van der Waals surface area (Å²) in [4.78, 5) is 24.6. The van der Waals surface area contributed by atoms with Crippen LogP contribution in [0.15, 0.2) is 0 Å². The maximum absolute atomic E-state index is 11.8. The summed E-state index contributed by atoms with van der Waals surface area (Å²) in [5.74, 6) is -0.705. The van der Waals surface area contributed by atoms with Gasteiger partial charge in [-0.1, -0.05) is 20.8 Å². The lowest BCUT2D eigenvalue weighted by molar-refractivity contribution is -0.143. The second kappa shape index (κ2) is 4.95. The molecule has 0 aromatic heterocycles. The molecule has 4 nitrogen and oxygen atoms in total. The van der Waals surface area contributed by atoms with Gasteiger partial charge in [-0.3, -0.25) is 14.5 Å². The molecule has 1 heterocycles. The molecule has 0 aromatic rings. The molecule has 1 rings (SSSR count). The van der Waals surface area contributed by atoms with Crippen molar-refractivity contribution in [1.29, 1.82) is 0 Å². The number of hydrogen-bond donors (Lipinski definition) is 1. The third-order valence-corrected chi connectivity index (χ3v) is 3.14. The predicted molar refractivity (Wildman–Crippen MR) is 61.3 cm³/mol. The molecule has 1 fully saturated rings. The predicted octanol–water partition coefficient (Wildman–Crippen LogP) is 1.40. The number of hydrogen-bond acceptors (Lipinski definition) is 3. The van der Waals surface area contributed by atoms with Crippen LogP contribution >= 0.6 is 0 Å². The van der Waals surface area contributed by atoms with Crippen molar-refractivity contribution < 1.29 is 14.7 Å². The molecule has 1 aliphatic heterocycles. The number of aliphatic carboxylic acids is 1. The molecule has 16 heavy (non-hydrogen) atoms. The Morgan fingerprint density at radius 3 is 2.12 bits per heavy atom. The topological polar surface area (TPSA) is 57.6 Å². The van der Waals surface area contributed by atoms with E-state index in [0.29, 0.717) is 19.4 Å². The number of piperidine rings is 1. The molecule has 0 amide bonds. The molecule has 0 radical (unpaired) electrons. The van der Waals surface area contributed by atoms with Gasteiger partial charge in [0.2, 0.25) is 0 Å². The van der Waals surface area contributed by atoms with Crippen LogP contribution in [0.1, 0.15) is 33.6 Å². The molecule has 0 aromatic carbocycles. The molecule has 0 atom stereocenters. The summed E-state index contributed by atoms with van der Waals surface area (Å²) in [6.07, 6.45) is 1.32. The minimum absolute atomic E-state index is 0.221. The number of carbonyl (C=O) groups is 2. The molecule has 0 bridgehead atoms. The summed E-state index contributed by atoms with van der Waals surface area (Å²) >= 11 is 0. The van der Waals surface area contributed by atoms with E-state index in [1.807, 2.05) is 20.8 Å². The van der Waals surface area contributed by atoms with Crippen LogP contribution in [0.5, 0.6) is 0 Å². The van der Waals surface area contributed by atoms with E-state index in [4.69, 9.17) is 5.11 Å². The van der Waals surface area contributed by atoms with E-state index in [-0.39, 0.29) is 17.1 Å². The van der Waals surface area contributed by atoms with Gasteiger partial charge in [0.1, 0.15) is 0 Å². The van der Waals surface area contributed by atoms with E-state index < -0.39 is 5.97 Å². The first-order chi connectivity index (χ1) is 7.30. The maximum Gasteiger partial charge on any atom is 0.306 e. The van der Waals surface area contributed by atoms with E-state index in [1.54, 1.807) is 0 Å². The summed E-state index contributed by atoms with van der Waals surface area (Å²) < 4.78 is 0. The highest BCUT2D eigenvalue weighted by Gasteiger charge is 2.28. The first-order valence-electron chi connectivity index (χ1n) is 5.79. The van der Waals surface area contributed by atoms with E-state index in [1.165, 1.54) is 0 Å². The lowest BCUT2D eigenvalue weighted by Gasteiger charge is -2.31. The van der Waals surface area contributed by atoms with Gasteiger partial charge in [0.25, 0.3) is 0 Å². The Morgan fingerprint density at radius 1 is 1.25 bits per heavy atom. The van der Waals surface area contributed by atoms with Gasteiger partial charge < -0.3 is 5.11 Å². The Kier molecular flexibility index (Phi) is 4.08. The zero-order chi connectivity index (χ0) is 12.3. The number of nitrogens with zero attached hydrogens (tertiary/aromatic N) is 1. The fourth-order valence-corrected chi connectivity index (χ4v) is 1.78. The number of likely N-dealkylation sites (tertiary alicyclic amines) is 1. The Hall–Kier alpha value is -0.900. The summed E-state index contributed by atoms with van der Waals surface area (Å²) in [5.41, 5.74) is -0.302. The van der Waals surface area contributed by atoms with Gasteiger partial charge in [-0.25, -0.2) is 0 Å². The van der Waals surface area contributed by atoms with Gasteiger partial charge in [-0.2, -0.15) is 0 Å². The number of carboxylic acid groups (broad SMARTS) is 1. The Morgan fingerprint density at radius 2 is 1.75 bits per heavy atom. The van der Waals surface area contributed by atoms with E-state index in [9.17, 15) is 9.59 Å². The van der Waals surface area contributed by atoms with E-state index >= 15 is 0 Å². The van der Waals surface area contributed by atoms with Crippen molar-refractivity contribution in [2.45, 2.75) is 33.6 Å². The van der Waals surface area contributed by atoms with Crippen LogP contribution in [-0.4, -0.2) is 41.4 Å². The summed E-state index contributed by atoms with van der Waals surface area (Å²) in [6, 6.07) is 0. The number of carboxylic acids is 1. The summed E-state index contributed by atoms with van der Waals surface area (Å²) in [6.45, 7) is 7.64. The number of Topliss-reactive ketones (excluding diaryl/α,β-unsaturated/α-hetero) is 1. The molecule has 1 aliphatic rings. The molecule has 92 valence electrons. The minimum atomic E-state index is -0.707. The highest BCUT2D eigenvalue weighted by Crippen LogP contribution is 2.20. The third kappa shape index (κ3) is 3.59. The first kappa shape index (κ1) is 13.2. The van der Waals surface area contributed by atoms with Crippen molar-refractivity contribution >= 4 is 11.8 Å². The van der Waals surface area contributed by atoms with Crippen molar-refractivity contribution in [3.63, 3.8) is 0 Å². The molecule has 0 spiro atoms. The van der Waals surface area contributed by atoms with Crippen LogP contribution in [0.3, 0.4) is 0 Å². The van der Waals surface area contributed by atoms with Crippen LogP contribution in [-0.2, 0) is 9.59 Å². The molecule has 4 heteroatoms. The second-order valence-electron chi connectivity index (χ2n) is 5.56. The smallest absolute Gasteiger partial charge is 0.306 e. The fraction of sp³-hybridized carbons (Fsp3) is 0.833. The molecular weight excluding hydrogens is 206 g/mol. The van der Waals surface area contributed by atoms with Crippen LogP contribution in [0.4, 0.5) is 0 Å². The van der Waals surface area contributed by atoms with Gasteiger partial charge in [0.15, 0.2) is 5.78 Å². The van der Waals surface area contributed by atoms with Gasteiger partial charge >= 0.3 is 5.97 Å². The highest BCUT2D eigenvalue weighted by atomic mass is 16.4. The fourth-order valence-electron chi connectivity index (χ4n) is 1.78. The molecule has 0 unspecified atom stereocenters. The average molecular weight is 227 g/mol. The van der Waals surface area contributed by atoms with Gasteiger partial charge in [0.05, 0.1) is 12.5 Å². The molecule has 1 N–H and O–H groups in total. The van der Waals surface area contributed by atoms with Crippen molar-refractivity contribution in [1.82, 2.24) is 4.90 Å². The first-order valence-corrected chi connectivity index (χ1v) is 5.79. The molecule has 1 saturated heterocycles. The summed E-state index contributed by atoms with van der Waals surface area (Å²) in [5, 5.41) is 8.85. The quantitative estimate of drug-likeness (QED) is 0.791. The highest BCUT2D eigenvalue weighted by molar-refractivity contribution is 5.85. The third-order valence-electron chi connectivity index (χ3n) is 3.14. The lowest BCUT2D eigenvalue weighted by Crippen LogP contribution is -2.41. The average Bonchev–Trinajstić information content (AvgIpc) is 2.17. The molecule has 0 saturated carbocycles. The minimum Gasteiger partial charge on any atom is -0.481 e. The number of rotatable bonds is 3. The Labute approximate surface area is 96.6 Å². The SMILES string of the molecule is CC(C)(C)C(=O)CN1CCC(C(=O)O)CC1. The normalized spacial score (nSPS) is 19.7. The van der Waals surface area contributed by atoms with Gasteiger partial charge in [-0.15, -0.1) is 0 Å². The Balaban J connectivity index is 2.38. The molecular formula is C12H21NO3. The number of ketones is 1. The van der Waals surface area contributed by atoms with Crippen LogP contribution < -0.4 is 0 Å². The number of carbonyl (C=O) groups excluding carboxylic acids is 1. The Bertz CT molecular complexity index is 272. The lowest BCUT2D eigenvalue weighted by atomic mass is 9.89. The molecule has 0 aliphatic carbocycles. The zero-order valence-electron chi connectivity index (χ0n) is 10.3. The van der Waals surface area contributed by atoms with Gasteiger partial charge in [-0.05, 0) is 25.9 Å². The van der Waals surface area contributed by atoms with Crippen LogP contribution in [0, 0.1) is 11.3 Å². The van der Waals surface area contributed by atoms with Crippen LogP contribution in [0.25, 0.3) is 0 Å². The van der Waals surface area contributed by atoms with E-state index in [2.05, 4.69) is 4.90 Å². The second-order valence-corrected chi connectivity index (χ2v) is 5.56. The van der Waals surface area contributed by atoms with Crippen molar-refractivity contribution in [3.8, 4) is 0 Å².